The zero-order valence-electron chi connectivity index (χ0n) is 12.3. The van der Waals surface area contributed by atoms with Crippen molar-refractivity contribution in [2.45, 2.75) is 57.2 Å². The van der Waals surface area contributed by atoms with Crippen molar-refractivity contribution < 1.29 is 9.50 Å². The van der Waals surface area contributed by atoms with E-state index in [0.29, 0.717) is 18.5 Å². The summed E-state index contributed by atoms with van der Waals surface area (Å²) in [4.78, 5) is 2.40. The minimum absolute atomic E-state index is 0.138. The maximum absolute atomic E-state index is 14.1. The van der Waals surface area contributed by atoms with E-state index in [2.05, 4.69) is 20.8 Å². The molecule has 1 aromatic carbocycles. The summed E-state index contributed by atoms with van der Waals surface area (Å²) in [6.07, 6.45) is 6.56. The van der Waals surface area contributed by atoms with Crippen molar-refractivity contribution in [3.05, 3.63) is 34.1 Å². The number of hydrogen-bond acceptors (Lipinski definition) is 2. The Balaban J connectivity index is 1.75. The van der Waals surface area contributed by atoms with Gasteiger partial charge in [-0.05, 0) is 44.4 Å². The monoisotopic (exact) mass is 355 g/mol. The second kappa shape index (κ2) is 6.76. The number of hydrogen-bond donors (Lipinski definition) is 1. The standard InChI is InChI=1S/C17H23BrFNO/c18-13-8-7-12(15(19)10-13)11-20-9-2-1-5-16(20)14-4-3-6-17(14)21/h7-8,10,14,16-17,21H,1-6,9,11H2. The molecule has 1 N–H and O–H groups in total. The molecule has 4 heteroatoms. The Kier molecular flexibility index (Phi) is 4.97. The van der Waals surface area contributed by atoms with Crippen molar-refractivity contribution in [3.8, 4) is 0 Å². The number of piperidine rings is 1. The van der Waals surface area contributed by atoms with Crippen LogP contribution in [0, 0.1) is 11.7 Å². The van der Waals surface area contributed by atoms with Crippen LogP contribution in [-0.2, 0) is 6.54 Å². The quantitative estimate of drug-likeness (QED) is 0.881. The Bertz CT molecular complexity index is 496. The van der Waals surface area contributed by atoms with Gasteiger partial charge < -0.3 is 5.11 Å². The molecule has 0 radical (unpaired) electrons. The van der Waals surface area contributed by atoms with E-state index in [9.17, 15) is 9.50 Å². The lowest BCUT2D eigenvalue weighted by molar-refractivity contribution is 0.0308. The van der Waals surface area contributed by atoms with Crippen LogP contribution in [0.4, 0.5) is 4.39 Å². The van der Waals surface area contributed by atoms with Crippen molar-refractivity contribution in [2.24, 2.45) is 5.92 Å². The van der Waals surface area contributed by atoms with Crippen LogP contribution in [0.2, 0.25) is 0 Å². The Labute approximate surface area is 134 Å². The van der Waals surface area contributed by atoms with Gasteiger partial charge in [-0.15, -0.1) is 0 Å². The van der Waals surface area contributed by atoms with Crippen molar-refractivity contribution in [1.29, 1.82) is 0 Å². The lowest BCUT2D eigenvalue weighted by Gasteiger charge is -2.40. The summed E-state index contributed by atoms with van der Waals surface area (Å²) in [5, 5.41) is 10.2. The fraction of sp³-hybridized carbons (Fsp3) is 0.647. The zero-order chi connectivity index (χ0) is 14.8. The maximum atomic E-state index is 14.1. The highest BCUT2D eigenvalue weighted by Gasteiger charge is 2.36. The molecule has 3 rings (SSSR count). The molecule has 2 aliphatic rings. The first-order chi connectivity index (χ1) is 10.1. The molecule has 1 saturated carbocycles. The van der Waals surface area contributed by atoms with Crippen LogP contribution < -0.4 is 0 Å². The molecule has 1 aromatic rings. The Morgan fingerprint density at radius 1 is 1.19 bits per heavy atom. The van der Waals surface area contributed by atoms with Crippen molar-refractivity contribution in [2.75, 3.05) is 6.54 Å². The highest BCUT2D eigenvalue weighted by molar-refractivity contribution is 9.10. The first-order valence-electron chi connectivity index (χ1n) is 8.01. The van der Waals surface area contributed by atoms with Gasteiger partial charge in [-0.25, -0.2) is 4.39 Å². The SMILES string of the molecule is OC1CCCC1C1CCCCN1Cc1ccc(Br)cc1F. The Morgan fingerprint density at radius 3 is 2.76 bits per heavy atom. The van der Waals surface area contributed by atoms with Gasteiger partial charge in [-0.3, -0.25) is 4.90 Å². The van der Waals surface area contributed by atoms with Crippen LogP contribution in [0.25, 0.3) is 0 Å². The van der Waals surface area contributed by atoms with E-state index in [1.54, 1.807) is 6.07 Å². The molecule has 116 valence electrons. The molecule has 1 saturated heterocycles. The van der Waals surface area contributed by atoms with E-state index >= 15 is 0 Å². The fourth-order valence-corrected chi connectivity index (χ4v) is 4.32. The lowest BCUT2D eigenvalue weighted by atomic mass is 9.87. The van der Waals surface area contributed by atoms with Crippen LogP contribution >= 0.6 is 15.9 Å². The number of halogens is 2. The van der Waals surface area contributed by atoms with Crippen molar-refractivity contribution in [1.82, 2.24) is 4.90 Å². The van der Waals surface area contributed by atoms with E-state index in [1.165, 1.54) is 12.8 Å². The molecular formula is C17H23BrFNO. The number of aliphatic hydroxyl groups excluding tert-OH is 1. The molecule has 3 atom stereocenters. The second-order valence-corrected chi connectivity index (χ2v) is 7.35. The van der Waals surface area contributed by atoms with E-state index < -0.39 is 0 Å². The molecule has 1 aliphatic carbocycles. The summed E-state index contributed by atoms with van der Waals surface area (Å²) in [6, 6.07) is 5.73. The summed E-state index contributed by atoms with van der Waals surface area (Å²) in [5.41, 5.74) is 0.762. The third-order valence-corrected chi connectivity index (χ3v) is 5.57. The van der Waals surface area contributed by atoms with Crippen LogP contribution in [-0.4, -0.2) is 28.7 Å². The molecule has 1 aliphatic heterocycles. The molecule has 3 unspecified atom stereocenters. The average Bonchev–Trinajstić information content (AvgIpc) is 2.89. The minimum Gasteiger partial charge on any atom is -0.393 e. The minimum atomic E-state index is -0.162. The second-order valence-electron chi connectivity index (χ2n) is 6.43. The summed E-state index contributed by atoms with van der Waals surface area (Å²) in [6.45, 7) is 1.68. The molecule has 1 heterocycles. The van der Waals surface area contributed by atoms with Gasteiger partial charge in [0.25, 0.3) is 0 Å². The number of rotatable bonds is 3. The fourth-order valence-electron chi connectivity index (χ4n) is 3.98. The van der Waals surface area contributed by atoms with Gasteiger partial charge >= 0.3 is 0 Å². The number of aliphatic hydroxyl groups is 1. The molecule has 2 nitrogen and oxygen atoms in total. The predicted molar refractivity (Wildman–Crippen MR) is 85.5 cm³/mol. The molecule has 0 bridgehead atoms. The predicted octanol–water partition coefficient (Wildman–Crippen LogP) is 4.10. The number of nitrogens with zero attached hydrogens (tertiary/aromatic N) is 1. The van der Waals surface area contributed by atoms with Gasteiger partial charge in [-0.1, -0.05) is 34.8 Å². The lowest BCUT2D eigenvalue weighted by Crippen LogP contribution is -2.45. The summed E-state index contributed by atoms with van der Waals surface area (Å²) < 4.78 is 14.9. The topological polar surface area (TPSA) is 23.5 Å². The molecule has 0 spiro atoms. The van der Waals surface area contributed by atoms with Crippen LogP contribution in [0.3, 0.4) is 0 Å². The largest absolute Gasteiger partial charge is 0.393 e. The van der Waals surface area contributed by atoms with Gasteiger partial charge in [0, 0.05) is 28.5 Å². The maximum Gasteiger partial charge on any atom is 0.128 e. The third-order valence-electron chi connectivity index (χ3n) is 5.08. The molecule has 2 fully saturated rings. The van der Waals surface area contributed by atoms with Gasteiger partial charge in [-0.2, -0.15) is 0 Å². The van der Waals surface area contributed by atoms with Gasteiger partial charge in [0.05, 0.1) is 6.10 Å². The van der Waals surface area contributed by atoms with Crippen LogP contribution in [0.15, 0.2) is 22.7 Å². The first-order valence-corrected chi connectivity index (χ1v) is 8.80. The van der Waals surface area contributed by atoms with E-state index in [0.717, 1.165) is 42.3 Å². The first kappa shape index (κ1) is 15.4. The van der Waals surface area contributed by atoms with Crippen molar-refractivity contribution in [3.63, 3.8) is 0 Å². The Morgan fingerprint density at radius 2 is 2.05 bits per heavy atom. The Hall–Kier alpha value is -0.450. The van der Waals surface area contributed by atoms with Gasteiger partial charge in [0.15, 0.2) is 0 Å². The molecule has 0 aromatic heterocycles. The third kappa shape index (κ3) is 3.49. The van der Waals surface area contributed by atoms with Gasteiger partial charge in [0.1, 0.15) is 5.82 Å². The van der Waals surface area contributed by atoms with E-state index in [-0.39, 0.29) is 11.9 Å². The molecular weight excluding hydrogens is 333 g/mol. The number of likely N-dealkylation sites (tertiary alicyclic amines) is 1. The van der Waals surface area contributed by atoms with Gasteiger partial charge in [0.2, 0.25) is 0 Å². The summed E-state index contributed by atoms with van der Waals surface area (Å²) in [7, 11) is 0. The van der Waals surface area contributed by atoms with Crippen LogP contribution in [0.5, 0.6) is 0 Å². The molecule has 0 amide bonds. The number of benzene rings is 1. The van der Waals surface area contributed by atoms with E-state index in [1.807, 2.05) is 12.1 Å². The normalized spacial score (nSPS) is 30.7. The highest BCUT2D eigenvalue weighted by atomic mass is 79.9. The smallest absolute Gasteiger partial charge is 0.128 e. The average molecular weight is 356 g/mol. The van der Waals surface area contributed by atoms with Crippen LogP contribution in [0.1, 0.15) is 44.1 Å². The zero-order valence-corrected chi connectivity index (χ0v) is 13.9. The van der Waals surface area contributed by atoms with E-state index in [4.69, 9.17) is 0 Å². The summed E-state index contributed by atoms with van der Waals surface area (Å²) in [5.74, 6) is 0.240. The molecule has 21 heavy (non-hydrogen) atoms. The highest BCUT2D eigenvalue weighted by Crippen LogP contribution is 2.36. The van der Waals surface area contributed by atoms with Crippen molar-refractivity contribution >= 4 is 15.9 Å². The summed E-state index contributed by atoms with van der Waals surface area (Å²) >= 11 is 3.31.